The number of ether oxygens (including phenoxy) is 1. The summed E-state index contributed by atoms with van der Waals surface area (Å²) in [5.74, 6) is 0.502. The number of carbonyl (C=O) groups is 1. The summed E-state index contributed by atoms with van der Waals surface area (Å²) >= 11 is 0. The van der Waals surface area contributed by atoms with Gasteiger partial charge in [0.2, 0.25) is 15.9 Å². The lowest BCUT2D eigenvalue weighted by Crippen LogP contribution is -2.39. The minimum atomic E-state index is -3.64. The lowest BCUT2D eigenvalue weighted by atomic mass is 9.81. The van der Waals surface area contributed by atoms with Crippen LogP contribution in [0.25, 0.3) is 0 Å². The maximum absolute atomic E-state index is 13.0. The number of nitrogens with one attached hydrogen (secondary N) is 1. The Kier molecular flexibility index (Phi) is 3.82. The first-order chi connectivity index (χ1) is 12.4. The number of nitrogens with zero attached hydrogens (tertiary/aromatic N) is 1. The molecule has 7 heteroatoms. The van der Waals surface area contributed by atoms with Gasteiger partial charge >= 0.3 is 0 Å². The molecule has 0 aromatic heterocycles. The average Bonchev–Trinajstić information content (AvgIpc) is 3.19. The maximum Gasteiger partial charge on any atom is 0.243 e. The highest BCUT2D eigenvalue weighted by atomic mass is 32.2. The fourth-order valence-corrected chi connectivity index (χ4v) is 5.43. The highest BCUT2D eigenvalue weighted by Gasteiger charge is 2.53. The summed E-state index contributed by atoms with van der Waals surface area (Å²) in [6, 6.07) is 12.3. The van der Waals surface area contributed by atoms with Crippen molar-refractivity contribution in [3.8, 4) is 5.75 Å². The average molecular weight is 372 g/mol. The largest absolute Gasteiger partial charge is 0.497 e. The molecule has 1 saturated heterocycles. The predicted molar refractivity (Wildman–Crippen MR) is 97.9 cm³/mol. The highest BCUT2D eigenvalue weighted by Crippen LogP contribution is 2.46. The van der Waals surface area contributed by atoms with E-state index in [1.165, 1.54) is 4.31 Å². The number of rotatable bonds is 3. The first-order valence-electron chi connectivity index (χ1n) is 8.44. The lowest BCUT2D eigenvalue weighted by Gasteiger charge is -2.23. The number of amides is 1. The van der Waals surface area contributed by atoms with Crippen molar-refractivity contribution in [1.29, 1.82) is 0 Å². The molecule has 1 fully saturated rings. The van der Waals surface area contributed by atoms with E-state index in [2.05, 4.69) is 5.32 Å². The van der Waals surface area contributed by atoms with Crippen LogP contribution >= 0.6 is 0 Å². The minimum absolute atomic E-state index is 0.134. The zero-order valence-electron chi connectivity index (χ0n) is 14.7. The second kappa shape index (κ2) is 5.82. The third-order valence-electron chi connectivity index (χ3n) is 5.29. The van der Waals surface area contributed by atoms with Crippen molar-refractivity contribution in [3.05, 3.63) is 53.6 Å². The molecule has 2 aromatic carbocycles. The molecule has 6 nitrogen and oxygen atoms in total. The molecular weight excluding hydrogens is 352 g/mol. The van der Waals surface area contributed by atoms with E-state index in [1.807, 2.05) is 19.1 Å². The molecule has 0 saturated carbocycles. The second-order valence-electron chi connectivity index (χ2n) is 6.85. The van der Waals surface area contributed by atoms with Gasteiger partial charge in [-0.1, -0.05) is 12.1 Å². The zero-order valence-corrected chi connectivity index (χ0v) is 15.5. The summed E-state index contributed by atoms with van der Waals surface area (Å²) in [4.78, 5) is 13.0. The number of sulfonamides is 1. The normalized spacial score (nSPS) is 22.5. The van der Waals surface area contributed by atoms with Crippen LogP contribution in [0.15, 0.2) is 47.4 Å². The van der Waals surface area contributed by atoms with Crippen LogP contribution in [0.4, 0.5) is 5.69 Å². The molecule has 1 unspecified atom stereocenters. The number of hydrogen-bond donors (Lipinski definition) is 1. The number of methoxy groups -OCH3 is 1. The van der Waals surface area contributed by atoms with Gasteiger partial charge in [0.15, 0.2) is 0 Å². The van der Waals surface area contributed by atoms with Gasteiger partial charge in [-0.05, 0) is 54.8 Å². The molecule has 2 aliphatic rings. The van der Waals surface area contributed by atoms with E-state index in [9.17, 15) is 13.2 Å². The quantitative estimate of drug-likeness (QED) is 0.897. The van der Waals surface area contributed by atoms with E-state index in [0.717, 1.165) is 16.8 Å². The first kappa shape index (κ1) is 17.1. The third-order valence-corrected chi connectivity index (χ3v) is 7.13. The summed E-state index contributed by atoms with van der Waals surface area (Å²) < 4.78 is 32.8. The summed E-state index contributed by atoms with van der Waals surface area (Å²) in [5.41, 5.74) is 1.56. The standard InChI is InChI=1S/C19H20N2O4S/c1-13-4-3-5-15(10-13)26(23,24)21-9-8-19(12-21)16-11-14(25-2)6-7-17(16)20-18(19)22/h3-7,10-11H,8-9,12H2,1-2H3,(H,20,22). The molecule has 0 aliphatic carbocycles. The molecular formula is C19H20N2O4S. The van der Waals surface area contributed by atoms with Crippen molar-refractivity contribution in [2.75, 3.05) is 25.5 Å². The number of hydrogen-bond acceptors (Lipinski definition) is 4. The monoisotopic (exact) mass is 372 g/mol. The minimum Gasteiger partial charge on any atom is -0.497 e. The number of carbonyl (C=O) groups excluding carboxylic acids is 1. The number of anilines is 1. The Morgan fingerprint density at radius 3 is 2.73 bits per heavy atom. The van der Waals surface area contributed by atoms with Gasteiger partial charge < -0.3 is 10.1 Å². The predicted octanol–water partition coefficient (Wildman–Crippen LogP) is 2.29. The number of fused-ring (bicyclic) bond motifs is 2. The molecule has 0 radical (unpaired) electrons. The van der Waals surface area contributed by atoms with Crippen molar-refractivity contribution in [2.45, 2.75) is 23.7 Å². The Hall–Kier alpha value is -2.38. The zero-order chi connectivity index (χ0) is 18.5. The second-order valence-corrected chi connectivity index (χ2v) is 8.79. The van der Waals surface area contributed by atoms with Crippen LogP contribution in [0.3, 0.4) is 0 Å². The molecule has 2 aromatic rings. The molecule has 2 aliphatic heterocycles. The van der Waals surface area contributed by atoms with Crippen molar-refractivity contribution in [2.24, 2.45) is 0 Å². The van der Waals surface area contributed by atoms with E-state index in [1.54, 1.807) is 37.4 Å². The molecule has 2 heterocycles. The van der Waals surface area contributed by atoms with E-state index < -0.39 is 15.4 Å². The van der Waals surface area contributed by atoms with Gasteiger partial charge in [-0.2, -0.15) is 4.31 Å². The summed E-state index contributed by atoms with van der Waals surface area (Å²) in [6.07, 6.45) is 0.448. The van der Waals surface area contributed by atoms with Gasteiger partial charge in [0, 0.05) is 18.8 Å². The van der Waals surface area contributed by atoms with Crippen molar-refractivity contribution in [3.63, 3.8) is 0 Å². The fourth-order valence-electron chi connectivity index (χ4n) is 3.83. The molecule has 1 amide bonds. The van der Waals surface area contributed by atoms with E-state index in [0.29, 0.717) is 18.7 Å². The van der Waals surface area contributed by atoms with Gasteiger partial charge in [-0.15, -0.1) is 0 Å². The Morgan fingerprint density at radius 1 is 1.19 bits per heavy atom. The van der Waals surface area contributed by atoms with Gasteiger partial charge in [-0.3, -0.25) is 4.79 Å². The summed E-state index contributed by atoms with van der Waals surface area (Å²) in [5, 5.41) is 2.89. The van der Waals surface area contributed by atoms with Crippen molar-refractivity contribution >= 4 is 21.6 Å². The van der Waals surface area contributed by atoms with Crippen LogP contribution in [0.5, 0.6) is 5.75 Å². The Bertz CT molecular complexity index is 1000. The Labute approximate surface area is 152 Å². The van der Waals surface area contributed by atoms with Crippen LogP contribution in [-0.2, 0) is 20.2 Å². The Morgan fingerprint density at radius 2 is 2.00 bits per heavy atom. The SMILES string of the molecule is COc1ccc2c(c1)C1(CCN(S(=O)(=O)c3cccc(C)c3)C1)C(=O)N2. The molecule has 26 heavy (non-hydrogen) atoms. The van der Waals surface area contributed by atoms with Crippen LogP contribution in [0.1, 0.15) is 17.5 Å². The number of aryl methyl sites for hydroxylation is 1. The smallest absolute Gasteiger partial charge is 0.243 e. The third kappa shape index (κ3) is 2.42. The molecule has 136 valence electrons. The van der Waals surface area contributed by atoms with Gasteiger partial charge in [-0.25, -0.2) is 8.42 Å². The van der Waals surface area contributed by atoms with Gasteiger partial charge in [0.1, 0.15) is 5.75 Å². The summed E-state index contributed by atoms with van der Waals surface area (Å²) in [7, 11) is -2.07. The van der Waals surface area contributed by atoms with E-state index in [4.69, 9.17) is 4.74 Å². The molecule has 0 bridgehead atoms. The lowest BCUT2D eigenvalue weighted by molar-refractivity contribution is -0.120. The summed E-state index contributed by atoms with van der Waals surface area (Å²) in [6.45, 7) is 2.30. The topological polar surface area (TPSA) is 75.7 Å². The maximum atomic E-state index is 13.0. The number of benzene rings is 2. The van der Waals surface area contributed by atoms with Crippen LogP contribution in [0.2, 0.25) is 0 Å². The molecule has 4 rings (SSSR count). The Balaban J connectivity index is 1.72. The van der Waals surface area contributed by atoms with Gasteiger partial charge in [0.25, 0.3) is 0 Å². The molecule has 1 atom stereocenters. The molecule has 1 spiro atoms. The van der Waals surface area contributed by atoms with Gasteiger partial charge in [0.05, 0.1) is 17.4 Å². The van der Waals surface area contributed by atoms with Crippen molar-refractivity contribution < 1.29 is 17.9 Å². The van der Waals surface area contributed by atoms with Crippen molar-refractivity contribution in [1.82, 2.24) is 4.31 Å². The van der Waals surface area contributed by atoms with E-state index >= 15 is 0 Å². The van der Waals surface area contributed by atoms with E-state index in [-0.39, 0.29) is 17.3 Å². The fraction of sp³-hybridized carbons (Fsp3) is 0.316. The van der Waals surface area contributed by atoms with Crippen LogP contribution < -0.4 is 10.1 Å². The van der Waals surface area contributed by atoms with Crippen LogP contribution in [-0.4, -0.2) is 38.8 Å². The first-order valence-corrected chi connectivity index (χ1v) is 9.88. The van der Waals surface area contributed by atoms with Crippen LogP contribution in [0, 0.1) is 6.92 Å². The molecule has 1 N–H and O–H groups in total. The highest BCUT2D eigenvalue weighted by molar-refractivity contribution is 7.89.